The summed E-state index contributed by atoms with van der Waals surface area (Å²) in [5.41, 5.74) is 9.83. The van der Waals surface area contributed by atoms with Crippen LogP contribution in [0.2, 0.25) is 0 Å². The van der Waals surface area contributed by atoms with Gasteiger partial charge in [0.15, 0.2) is 0 Å². The molecule has 0 spiro atoms. The van der Waals surface area contributed by atoms with Crippen molar-refractivity contribution < 1.29 is 43.0 Å². The van der Waals surface area contributed by atoms with E-state index in [0.29, 0.717) is 42.0 Å². The summed E-state index contributed by atoms with van der Waals surface area (Å²) in [5, 5.41) is 10.9. The first-order valence-corrected chi connectivity index (χ1v) is 27.5. The molecule has 0 radical (unpaired) electrons. The third-order valence-electron chi connectivity index (χ3n) is 17.0. The molecular formula is C59H87N5O9. The van der Waals surface area contributed by atoms with E-state index >= 15 is 0 Å². The number of rotatable bonds is 25. The number of ether oxygens (including phenoxy) is 3. The highest BCUT2D eigenvalue weighted by molar-refractivity contribution is 6.00. The van der Waals surface area contributed by atoms with Crippen LogP contribution >= 0.6 is 0 Å². The van der Waals surface area contributed by atoms with Crippen LogP contribution in [0.15, 0.2) is 60.2 Å². The smallest absolute Gasteiger partial charge is 0.429 e. The SMILES string of the molecule is Cc1ccc(OC(=O)OCc2ccc(NC(=O)[C@H](CC(N)=O)NC(=O)[C@H](CC(C)C)NC(=O)CCC(=O)NCCCO[C@H]3CC[C@@]4(C)C(=CC[C@H]5[C@@H]6CC[C@H]([C@H](C)CCCC(C)C)[C@@]6(C)CC[C@@H]54)C3)cc2)cc1. The first-order valence-electron chi connectivity index (χ1n) is 27.5. The Bertz CT molecular complexity index is 2230. The first-order chi connectivity index (χ1) is 34.7. The van der Waals surface area contributed by atoms with Crippen LogP contribution in [0.3, 0.4) is 0 Å². The van der Waals surface area contributed by atoms with Crippen molar-refractivity contribution in [2.45, 2.75) is 183 Å². The molecule has 14 heteroatoms. The Morgan fingerprint density at radius 1 is 0.767 bits per heavy atom. The van der Waals surface area contributed by atoms with E-state index in [4.69, 9.17) is 19.9 Å². The zero-order valence-corrected chi connectivity index (χ0v) is 45.2. The summed E-state index contributed by atoms with van der Waals surface area (Å²) in [6, 6.07) is 11.0. The lowest BCUT2D eigenvalue weighted by Crippen LogP contribution is -2.54. The molecule has 5 amide bonds. The molecule has 4 aliphatic rings. The van der Waals surface area contributed by atoms with Gasteiger partial charge in [-0.25, -0.2) is 4.79 Å². The Morgan fingerprint density at radius 2 is 1.49 bits per heavy atom. The van der Waals surface area contributed by atoms with Gasteiger partial charge in [-0.15, -0.1) is 0 Å². The van der Waals surface area contributed by atoms with Crippen molar-refractivity contribution >= 4 is 41.4 Å². The normalized spacial score (nSPS) is 25.5. The Balaban J connectivity index is 0.886. The molecule has 10 atom stereocenters. The van der Waals surface area contributed by atoms with Gasteiger partial charge < -0.3 is 41.2 Å². The number of nitrogens with two attached hydrogens (primary N) is 1. The van der Waals surface area contributed by atoms with E-state index in [1.165, 1.54) is 57.8 Å². The molecule has 402 valence electrons. The molecule has 6 N–H and O–H groups in total. The Morgan fingerprint density at radius 3 is 2.19 bits per heavy atom. The Hall–Kier alpha value is -5.24. The maximum atomic E-state index is 13.6. The van der Waals surface area contributed by atoms with E-state index in [9.17, 15) is 28.8 Å². The van der Waals surface area contributed by atoms with Gasteiger partial charge >= 0.3 is 6.16 Å². The van der Waals surface area contributed by atoms with Crippen molar-refractivity contribution in [2.24, 2.45) is 58.0 Å². The number of hydrogen-bond acceptors (Lipinski definition) is 9. The quantitative estimate of drug-likeness (QED) is 0.0277. The van der Waals surface area contributed by atoms with E-state index in [1.807, 2.05) is 32.9 Å². The van der Waals surface area contributed by atoms with Gasteiger partial charge in [0.2, 0.25) is 29.5 Å². The largest absolute Gasteiger partial charge is 0.514 e. The number of fused-ring (bicyclic) bond motifs is 5. The van der Waals surface area contributed by atoms with Gasteiger partial charge in [0.1, 0.15) is 24.4 Å². The van der Waals surface area contributed by atoms with Crippen molar-refractivity contribution in [3.63, 3.8) is 0 Å². The minimum absolute atomic E-state index is 0.0199. The topological polar surface area (TPSA) is 204 Å². The van der Waals surface area contributed by atoms with Gasteiger partial charge in [-0.05, 0) is 153 Å². The fraction of sp³-hybridized carbons (Fsp3) is 0.661. The number of benzene rings is 2. The van der Waals surface area contributed by atoms with Crippen molar-refractivity contribution in [1.82, 2.24) is 16.0 Å². The molecule has 0 aliphatic heterocycles. The Kier molecular flexibility index (Phi) is 20.6. The molecular weight excluding hydrogens is 923 g/mol. The standard InChI is InChI=1S/C59H87N5O9/c1-37(2)11-9-12-40(6)47-23-24-48-46-22-17-42-34-45(27-29-58(42,7)49(46)28-30-59(47,48)8)71-32-10-31-61-53(66)25-26-54(67)63-50(33-38(3)4)56(69)64-51(35-52(60)65)55(68)62-43-18-15-41(16-19-43)36-72-57(70)73-44-20-13-39(5)14-21-44/h13-21,37-38,40,45-51H,9-12,22-36H2,1-8H3,(H2,60,65)(H,61,66)(H,62,68)(H,63,67)(H,64,69)/t40-,45+,46+,47-,48+,49+,50+,51+,58+,59-/m1/s1. The summed E-state index contributed by atoms with van der Waals surface area (Å²) in [5.74, 6) is 2.29. The highest BCUT2D eigenvalue weighted by atomic mass is 16.7. The molecule has 0 unspecified atom stereocenters. The third kappa shape index (κ3) is 15.9. The lowest BCUT2D eigenvalue weighted by molar-refractivity contribution is -0.132. The predicted molar refractivity (Wildman–Crippen MR) is 284 cm³/mol. The van der Waals surface area contributed by atoms with Gasteiger partial charge in [-0.1, -0.05) is 109 Å². The molecule has 0 heterocycles. The summed E-state index contributed by atoms with van der Waals surface area (Å²) in [6.45, 7) is 19.1. The zero-order chi connectivity index (χ0) is 52.9. The van der Waals surface area contributed by atoms with Crippen LogP contribution in [0.25, 0.3) is 0 Å². The second-order valence-corrected chi connectivity index (χ2v) is 23.4. The molecule has 73 heavy (non-hydrogen) atoms. The zero-order valence-electron chi connectivity index (χ0n) is 45.2. The molecule has 4 aliphatic carbocycles. The third-order valence-corrected chi connectivity index (χ3v) is 17.0. The highest BCUT2D eigenvalue weighted by Gasteiger charge is 2.59. The van der Waals surface area contributed by atoms with Gasteiger partial charge in [0.05, 0.1) is 12.5 Å². The summed E-state index contributed by atoms with van der Waals surface area (Å²) in [6.07, 6.45) is 16.3. The second kappa shape index (κ2) is 26.3. The fourth-order valence-electron chi connectivity index (χ4n) is 13.1. The number of carbonyl (C=O) groups excluding carboxylic acids is 6. The number of amides is 5. The summed E-state index contributed by atoms with van der Waals surface area (Å²) >= 11 is 0. The van der Waals surface area contributed by atoms with E-state index in [2.05, 4.69) is 62.0 Å². The molecule has 0 bridgehead atoms. The molecule has 6 rings (SSSR count). The van der Waals surface area contributed by atoms with E-state index < -0.39 is 48.3 Å². The predicted octanol–water partition coefficient (Wildman–Crippen LogP) is 10.3. The van der Waals surface area contributed by atoms with E-state index in [-0.39, 0.29) is 49.2 Å². The number of hydrogen-bond donors (Lipinski definition) is 5. The molecule has 3 fully saturated rings. The van der Waals surface area contributed by atoms with E-state index in [1.54, 1.807) is 42.0 Å². The number of carbonyl (C=O) groups is 6. The van der Waals surface area contributed by atoms with Crippen LogP contribution in [-0.2, 0) is 40.1 Å². The van der Waals surface area contributed by atoms with Crippen LogP contribution < -0.4 is 31.7 Å². The van der Waals surface area contributed by atoms with Gasteiger partial charge in [0.25, 0.3) is 0 Å². The maximum absolute atomic E-state index is 13.6. The average molecular weight is 1010 g/mol. The average Bonchev–Trinajstić information content (AvgIpc) is 3.70. The van der Waals surface area contributed by atoms with Gasteiger partial charge in [0, 0.05) is 31.7 Å². The van der Waals surface area contributed by atoms with Crippen LogP contribution in [-0.4, -0.2) is 67.0 Å². The number of anilines is 1. The molecule has 2 aromatic rings. The number of nitrogens with one attached hydrogen (secondary N) is 4. The molecule has 2 aromatic carbocycles. The minimum Gasteiger partial charge on any atom is -0.429 e. The monoisotopic (exact) mass is 1010 g/mol. The Labute approximate surface area is 435 Å². The van der Waals surface area contributed by atoms with Crippen LogP contribution in [0.1, 0.15) is 162 Å². The maximum Gasteiger partial charge on any atom is 0.514 e. The van der Waals surface area contributed by atoms with Crippen molar-refractivity contribution in [3.05, 3.63) is 71.3 Å². The van der Waals surface area contributed by atoms with Gasteiger partial charge in [-0.3, -0.25) is 24.0 Å². The van der Waals surface area contributed by atoms with Crippen LogP contribution in [0, 0.1) is 59.2 Å². The fourth-order valence-corrected chi connectivity index (χ4v) is 13.1. The van der Waals surface area contributed by atoms with E-state index in [0.717, 1.165) is 53.9 Å². The van der Waals surface area contributed by atoms with Crippen molar-refractivity contribution in [3.8, 4) is 5.75 Å². The first kappa shape index (κ1) is 57.0. The molecule has 3 saturated carbocycles. The lowest BCUT2D eigenvalue weighted by Gasteiger charge is -2.58. The molecule has 14 nitrogen and oxygen atoms in total. The number of allylic oxidation sites excluding steroid dienone is 1. The minimum atomic E-state index is -1.34. The lowest BCUT2D eigenvalue weighted by atomic mass is 9.47. The summed E-state index contributed by atoms with van der Waals surface area (Å²) in [7, 11) is 0. The summed E-state index contributed by atoms with van der Waals surface area (Å²) < 4.78 is 16.8. The van der Waals surface area contributed by atoms with Crippen LogP contribution in [0.5, 0.6) is 5.75 Å². The second-order valence-electron chi connectivity index (χ2n) is 23.4. The van der Waals surface area contributed by atoms with Gasteiger partial charge in [-0.2, -0.15) is 0 Å². The molecule has 0 saturated heterocycles. The summed E-state index contributed by atoms with van der Waals surface area (Å²) in [4.78, 5) is 77.0. The number of aryl methyl sites for hydroxylation is 1. The number of primary amides is 1. The molecule has 0 aromatic heterocycles. The van der Waals surface area contributed by atoms with Crippen molar-refractivity contribution in [1.29, 1.82) is 0 Å². The van der Waals surface area contributed by atoms with Crippen LogP contribution in [0.4, 0.5) is 10.5 Å². The van der Waals surface area contributed by atoms with Crippen molar-refractivity contribution in [2.75, 3.05) is 18.5 Å². The highest BCUT2D eigenvalue weighted by Crippen LogP contribution is 2.67.